The van der Waals surface area contributed by atoms with Gasteiger partial charge in [-0.25, -0.2) is 4.98 Å². The van der Waals surface area contributed by atoms with E-state index in [0.717, 1.165) is 37.4 Å². The molecule has 1 aliphatic heterocycles. The third-order valence-corrected chi connectivity index (χ3v) is 5.37. The zero-order chi connectivity index (χ0) is 17.9. The standard InChI is InChI=1S/C21H24N4O.ClH/c22-12-16-13-25(14-18(16)15-6-2-1-3-7-15)11-10-20-23-19-9-5-4-8-17(19)21(26)24-20;/h1-9,16,18H,10-14,22H2,(H,23,24,26);1H/t16-,18+;/m1./s1. The van der Waals surface area contributed by atoms with Crippen molar-refractivity contribution >= 4 is 23.3 Å². The van der Waals surface area contributed by atoms with Gasteiger partial charge in [-0.05, 0) is 30.2 Å². The van der Waals surface area contributed by atoms with Crippen molar-refractivity contribution in [2.75, 3.05) is 26.2 Å². The summed E-state index contributed by atoms with van der Waals surface area (Å²) >= 11 is 0. The molecule has 3 aromatic rings. The molecule has 3 N–H and O–H groups in total. The van der Waals surface area contributed by atoms with Crippen LogP contribution in [0.5, 0.6) is 0 Å². The lowest BCUT2D eigenvalue weighted by Crippen LogP contribution is -2.26. The minimum atomic E-state index is -0.0611. The van der Waals surface area contributed by atoms with E-state index in [-0.39, 0.29) is 18.0 Å². The minimum absolute atomic E-state index is 0. The fourth-order valence-corrected chi connectivity index (χ4v) is 3.98. The largest absolute Gasteiger partial charge is 0.330 e. The summed E-state index contributed by atoms with van der Waals surface area (Å²) in [6.45, 7) is 3.57. The number of benzene rings is 2. The first-order valence-corrected chi connectivity index (χ1v) is 9.20. The maximum Gasteiger partial charge on any atom is 0.258 e. The van der Waals surface area contributed by atoms with E-state index in [1.54, 1.807) is 0 Å². The van der Waals surface area contributed by atoms with Crippen LogP contribution in [0.1, 0.15) is 17.3 Å². The van der Waals surface area contributed by atoms with E-state index in [1.807, 2.05) is 24.3 Å². The highest BCUT2D eigenvalue weighted by Crippen LogP contribution is 2.31. The molecule has 0 bridgehead atoms. The summed E-state index contributed by atoms with van der Waals surface area (Å²) in [5, 5.41) is 0.643. The molecule has 1 saturated heterocycles. The quantitative estimate of drug-likeness (QED) is 0.709. The third kappa shape index (κ3) is 4.21. The van der Waals surface area contributed by atoms with Crippen LogP contribution in [-0.2, 0) is 6.42 Å². The molecule has 0 unspecified atom stereocenters. The summed E-state index contributed by atoms with van der Waals surface area (Å²) in [6.07, 6.45) is 0.735. The Morgan fingerprint density at radius 1 is 1.07 bits per heavy atom. The van der Waals surface area contributed by atoms with Crippen molar-refractivity contribution < 1.29 is 0 Å². The summed E-state index contributed by atoms with van der Waals surface area (Å²) in [4.78, 5) is 22.2. The van der Waals surface area contributed by atoms with Crippen molar-refractivity contribution in [3.05, 3.63) is 76.3 Å². The molecule has 4 rings (SSSR count). The van der Waals surface area contributed by atoms with Gasteiger partial charge in [0, 0.05) is 32.0 Å². The van der Waals surface area contributed by atoms with E-state index in [0.29, 0.717) is 23.8 Å². The van der Waals surface area contributed by atoms with E-state index in [4.69, 9.17) is 5.73 Å². The van der Waals surface area contributed by atoms with Gasteiger partial charge in [0.15, 0.2) is 0 Å². The van der Waals surface area contributed by atoms with Crippen LogP contribution in [-0.4, -0.2) is 41.0 Å². The Labute approximate surface area is 165 Å². The second-order valence-electron chi connectivity index (χ2n) is 7.05. The number of nitrogens with zero attached hydrogens (tertiary/aromatic N) is 2. The van der Waals surface area contributed by atoms with Crippen LogP contribution < -0.4 is 11.3 Å². The molecule has 0 amide bonds. The van der Waals surface area contributed by atoms with Crippen molar-refractivity contribution in [1.29, 1.82) is 0 Å². The van der Waals surface area contributed by atoms with Crippen LogP contribution in [0.25, 0.3) is 10.9 Å². The fourth-order valence-electron chi connectivity index (χ4n) is 3.98. The third-order valence-electron chi connectivity index (χ3n) is 5.37. The van der Waals surface area contributed by atoms with Crippen molar-refractivity contribution in [3.8, 4) is 0 Å². The monoisotopic (exact) mass is 384 g/mol. The van der Waals surface area contributed by atoms with Crippen LogP contribution in [0.15, 0.2) is 59.4 Å². The maximum atomic E-state index is 12.2. The number of fused-ring (bicyclic) bond motifs is 1. The van der Waals surface area contributed by atoms with Gasteiger partial charge in [-0.1, -0.05) is 42.5 Å². The summed E-state index contributed by atoms with van der Waals surface area (Å²) in [7, 11) is 0. The van der Waals surface area contributed by atoms with Crippen molar-refractivity contribution in [2.24, 2.45) is 11.7 Å². The first kappa shape index (κ1) is 19.5. The molecule has 1 fully saturated rings. The molecular formula is C21H25ClN4O. The molecule has 0 spiro atoms. The second kappa shape index (κ2) is 8.65. The number of rotatable bonds is 5. The average molecular weight is 385 g/mol. The fraction of sp³-hybridized carbons (Fsp3) is 0.333. The molecule has 27 heavy (non-hydrogen) atoms. The Kier molecular flexibility index (Phi) is 6.26. The minimum Gasteiger partial charge on any atom is -0.330 e. The second-order valence-corrected chi connectivity index (χ2v) is 7.05. The zero-order valence-corrected chi connectivity index (χ0v) is 16.0. The zero-order valence-electron chi connectivity index (χ0n) is 15.2. The van der Waals surface area contributed by atoms with Gasteiger partial charge in [0.05, 0.1) is 10.9 Å². The Morgan fingerprint density at radius 2 is 1.81 bits per heavy atom. The summed E-state index contributed by atoms with van der Waals surface area (Å²) in [6, 6.07) is 18.1. The van der Waals surface area contributed by atoms with Crippen LogP contribution in [0.3, 0.4) is 0 Å². The molecule has 2 atom stereocenters. The molecule has 0 saturated carbocycles. The Balaban J connectivity index is 0.00000210. The van der Waals surface area contributed by atoms with E-state index in [9.17, 15) is 4.79 Å². The predicted octanol–water partition coefficient (Wildman–Crippen LogP) is 2.56. The topological polar surface area (TPSA) is 75.0 Å². The van der Waals surface area contributed by atoms with Crippen LogP contribution >= 0.6 is 12.4 Å². The van der Waals surface area contributed by atoms with E-state index in [2.05, 4.69) is 45.2 Å². The summed E-state index contributed by atoms with van der Waals surface area (Å²) in [5.41, 5.74) is 8.09. The first-order chi connectivity index (χ1) is 12.7. The number of nitrogens with one attached hydrogen (secondary N) is 1. The van der Waals surface area contributed by atoms with Crippen LogP contribution in [0.4, 0.5) is 0 Å². The van der Waals surface area contributed by atoms with Crippen LogP contribution in [0.2, 0.25) is 0 Å². The predicted molar refractivity (Wildman–Crippen MR) is 111 cm³/mol. The Morgan fingerprint density at radius 3 is 2.59 bits per heavy atom. The SMILES string of the molecule is Cl.NC[C@@H]1CN(CCc2nc3ccccc3c(=O)[nH]2)C[C@H]1c1ccccc1. The maximum absolute atomic E-state index is 12.2. The molecule has 2 aromatic carbocycles. The van der Waals surface area contributed by atoms with Gasteiger partial charge in [0.25, 0.3) is 5.56 Å². The van der Waals surface area contributed by atoms with E-state index < -0.39 is 0 Å². The Hall–Kier alpha value is -2.21. The lowest BCUT2D eigenvalue weighted by molar-refractivity contribution is 0.326. The average Bonchev–Trinajstić information content (AvgIpc) is 3.10. The molecule has 6 heteroatoms. The highest BCUT2D eigenvalue weighted by atomic mass is 35.5. The van der Waals surface area contributed by atoms with Gasteiger partial charge in [-0.15, -0.1) is 12.4 Å². The summed E-state index contributed by atoms with van der Waals surface area (Å²) < 4.78 is 0. The molecule has 142 valence electrons. The molecule has 2 heterocycles. The van der Waals surface area contributed by atoms with Crippen molar-refractivity contribution in [2.45, 2.75) is 12.3 Å². The van der Waals surface area contributed by atoms with Gasteiger partial charge in [0.1, 0.15) is 5.82 Å². The number of aromatic amines is 1. The number of aromatic nitrogens is 2. The highest BCUT2D eigenvalue weighted by molar-refractivity contribution is 5.85. The molecule has 5 nitrogen and oxygen atoms in total. The molecule has 0 radical (unpaired) electrons. The van der Waals surface area contributed by atoms with Gasteiger partial charge in [0.2, 0.25) is 0 Å². The van der Waals surface area contributed by atoms with Gasteiger partial charge >= 0.3 is 0 Å². The van der Waals surface area contributed by atoms with Gasteiger partial charge in [-0.3, -0.25) is 4.79 Å². The van der Waals surface area contributed by atoms with Crippen molar-refractivity contribution in [1.82, 2.24) is 14.9 Å². The molecule has 1 aliphatic rings. The molecule has 0 aliphatic carbocycles. The van der Waals surface area contributed by atoms with Gasteiger partial charge in [-0.2, -0.15) is 0 Å². The number of hydrogen-bond acceptors (Lipinski definition) is 4. The highest BCUT2D eigenvalue weighted by Gasteiger charge is 2.32. The summed E-state index contributed by atoms with van der Waals surface area (Å²) in [5.74, 6) is 1.70. The van der Waals surface area contributed by atoms with Crippen molar-refractivity contribution in [3.63, 3.8) is 0 Å². The van der Waals surface area contributed by atoms with Crippen LogP contribution in [0, 0.1) is 5.92 Å². The number of hydrogen-bond donors (Lipinski definition) is 2. The van der Waals surface area contributed by atoms with Gasteiger partial charge < -0.3 is 15.6 Å². The number of halogens is 1. The first-order valence-electron chi connectivity index (χ1n) is 9.20. The lowest BCUT2D eigenvalue weighted by Gasteiger charge is -2.16. The van der Waals surface area contributed by atoms with E-state index in [1.165, 1.54) is 5.56 Å². The number of para-hydroxylation sites is 1. The smallest absolute Gasteiger partial charge is 0.258 e. The number of nitrogens with two attached hydrogens (primary N) is 1. The number of likely N-dealkylation sites (tertiary alicyclic amines) is 1. The normalized spacial score (nSPS) is 19.9. The number of H-pyrrole nitrogens is 1. The molecule has 1 aromatic heterocycles. The Bertz CT molecular complexity index is 944. The lowest BCUT2D eigenvalue weighted by atomic mass is 9.89. The molecular weight excluding hydrogens is 360 g/mol. The van der Waals surface area contributed by atoms with E-state index >= 15 is 0 Å².